The predicted octanol–water partition coefficient (Wildman–Crippen LogP) is 3.85. The van der Waals surface area contributed by atoms with Crippen LogP contribution in [-0.4, -0.2) is 9.97 Å². The van der Waals surface area contributed by atoms with Gasteiger partial charge in [0.15, 0.2) is 0 Å². The molecule has 4 heteroatoms. The van der Waals surface area contributed by atoms with E-state index in [1.54, 1.807) is 0 Å². The van der Waals surface area contributed by atoms with E-state index in [2.05, 4.69) is 9.97 Å². The van der Waals surface area contributed by atoms with E-state index in [4.69, 9.17) is 9.68 Å². The second-order valence-electron chi connectivity index (χ2n) is 4.57. The average Bonchev–Trinajstić information content (AvgIpc) is 3.11. The molecule has 0 saturated heterocycles. The van der Waals surface area contributed by atoms with Crippen LogP contribution in [0.25, 0.3) is 33.3 Å². The zero-order valence-electron chi connectivity index (χ0n) is 10.4. The summed E-state index contributed by atoms with van der Waals surface area (Å²) in [5.74, 6) is 0.689. The van der Waals surface area contributed by atoms with Gasteiger partial charge in [-0.2, -0.15) is 5.26 Å². The molecule has 2 aromatic heterocycles. The highest BCUT2D eigenvalue weighted by molar-refractivity contribution is 6.06. The van der Waals surface area contributed by atoms with Gasteiger partial charge in [-0.1, -0.05) is 18.2 Å². The van der Waals surface area contributed by atoms with Gasteiger partial charge in [0.2, 0.25) is 0 Å². The Bertz CT molecular complexity index is 972. The Morgan fingerprint density at radius 2 is 1.90 bits per heavy atom. The first-order valence-electron chi connectivity index (χ1n) is 6.22. The molecule has 4 aromatic rings. The molecular formula is C16H9N3O. The number of fused-ring (bicyclic) bond motifs is 3. The first kappa shape index (κ1) is 10.8. The van der Waals surface area contributed by atoms with Crippen LogP contribution in [0.5, 0.6) is 0 Å². The molecule has 0 radical (unpaired) electrons. The average molecular weight is 259 g/mol. The minimum atomic E-state index is 0.456. The largest absolute Gasteiger partial charge is 0.456 e. The first-order chi connectivity index (χ1) is 9.85. The van der Waals surface area contributed by atoms with Crippen LogP contribution in [0.2, 0.25) is 0 Å². The molecule has 0 unspecified atom stereocenters. The second-order valence-corrected chi connectivity index (χ2v) is 4.57. The van der Waals surface area contributed by atoms with E-state index >= 15 is 0 Å². The molecule has 0 aliphatic rings. The fourth-order valence-corrected chi connectivity index (χ4v) is 2.40. The van der Waals surface area contributed by atoms with Crippen molar-refractivity contribution in [2.75, 3.05) is 0 Å². The SMILES string of the molecule is N#Cc1cnc(-c2ccc3oc4ccccc4c3c2)[nH]1. The number of aromatic amines is 1. The topological polar surface area (TPSA) is 65.6 Å². The summed E-state index contributed by atoms with van der Waals surface area (Å²) in [6, 6.07) is 15.9. The number of para-hydroxylation sites is 1. The molecule has 0 bridgehead atoms. The number of aromatic nitrogens is 2. The van der Waals surface area contributed by atoms with Crippen LogP contribution < -0.4 is 0 Å². The Balaban J connectivity index is 1.98. The normalized spacial score (nSPS) is 10.9. The zero-order chi connectivity index (χ0) is 13.5. The van der Waals surface area contributed by atoms with E-state index in [0.29, 0.717) is 11.5 Å². The minimum absolute atomic E-state index is 0.456. The van der Waals surface area contributed by atoms with Gasteiger partial charge in [0.1, 0.15) is 28.8 Å². The lowest BCUT2D eigenvalue weighted by Gasteiger charge is -1.96. The van der Waals surface area contributed by atoms with Crippen molar-refractivity contribution in [3.8, 4) is 17.5 Å². The molecule has 0 aliphatic carbocycles. The maximum absolute atomic E-state index is 8.84. The van der Waals surface area contributed by atoms with Gasteiger partial charge in [0.25, 0.3) is 0 Å². The Kier molecular flexibility index (Phi) is 2.15. The van der Waals surface area contributed by atoms with E-state index in [0.717, 1.165) is 27.5 Å². The zero-order valence-corrected chi connectivity index (χ0v) is 10.4. The standard InChI is InChI=1S/C16H9N3O/c17-8-11-9-18-16(19-11)10-5-6-15-13(7-10)12-3-1-2-4-14(12)20-15/h1-7,9H,(H,18,19). The van der Waals surface area contributed by atoms with Gasteiger partial charge in [0, 0.05) is 16.3 Å². The third kappa shape index (κ3) is 1.50. The summed E-state index contributed by atoms with van der Waals surface area (Å²) in [4.78, 5) is 7.20. The van der Waals surface area contributed by atoms with Crippen LogP contribution in [-0.2, 0) is 0 Å². The summed E-state index contributed by atoms with van der Waals surface area (Å²) in [6.45, 7) is 0. The monoisotopic (exact) mass is 259 g/mol. The summed E-state index contributed by atoms with van der Waals surface area (Å²) < 4.78 is 5.79. The van der Waals surface area contributed by atoms with Crippen molar-refractivity contribution in [1.29, 1.82) is 5.26 Å². The van der Waals surface area contributed by atoms with Crippen molar-refractivity contribution in [3.63, 3.8) is 0 Å². The number of benzene rings is 2. The van der Waals surface area contributed by atoms with E-state index in [1.807, 2.05) is 48.5 Å². The van der Waals surface area contributed by atoms with Gasteiger partial charge in [-0.25, -0.2) is 4.98 Å². The molecule has 4 rings (SSSR count). The van der Waals surface area contributed by atoms with Crippen LogP contribution in [0.3, 0.4) is 0 Å². The fourth-order valence-electron chi connectivity index (χ4n) is 2.40. The number of furan rings is 1. The predicted molar refractivity (Wildman–Crippen MR) is 76.0 cm³/mol. The van der Waals surface area contributed by atoms with Crippen LogP contribution in [0, 0.1) is 11.3 Å². The minimum Gasteiger partial charge on any atom is -0.456 e. The van der Waals surface area contributed by atoms with Crippen LogP contribution in [0.4, 0.5) is 0 Å². The summed E-state index contributed by atoms with van der Waals surface area (Å²) >= 11 is 0. The Morgan fingerprint density at radius 1 is 1.05 bits per heavy atom. The van der Waals surface area contributed by atoms with Crippen molar-refractivity contribution >= 4 is 21.9 Å². The molecule has 0 aliphatic heterocycles. The Hall–Kier alpha value is -3.06. The highest BCUT2D eigenvalue weighted by Crippen LogP contribution is 2.31. The number of rotatable bonds is 1. The second kappa shape index (κ2) is 3.97. The molecule has 0 fully saturated rings. The van der Waals surface area contributed by atoms with Gasteiger partial charge in [-0.15, -0.1) is 0 Å². The van der Waals surface area contributed by atoms with Crippen LogP contribution >= 0.6 is 0 Å². The van der Waals surface area contributed by atoms with E-state index < -0.39 is 0 Å². The lowest BCUT2D eigenvalue weighted by molar-refractivity contribution is 0.669. The van der Waals surface area contributed by atoms with Gasteiger partial charge in [-0.3, -0.25) is 0 Å². The third-order valence-electron chi connectivity index (χ3n) is 3.35. The van der Waals surface area contributed by atoms with Gasteiger partial charge in [-0.05, 0) is 24.3 Å². The Morgan fingerprint density at radius 3 is 2.75 bits per heavy atom. The van der Waals surface area contributed by atoms with Crippen molar-refractivity contribution in [3.05, 3.63) is 54.4 Å². The summed E-state index contributed by atoms with van der Waals surface area (Å²) in [5, 5.41) is 11.0. The number of hydrogen-bond donors (Lipinski definition) is 1. The molecule has 0 saturated carbocycles. The molecule has 20 heavy (non-hydrogen) atoms. The van der Waals surface area contributed by atoms with E-state index in [9.17, 15) is 0 Å². The Labute approximate surface area is 114 Å². The smallest absolute Gasteiger partial charge is 0.138 e. The first-order valence-corrected chi connectivity index (χ1v) is 6.22. The van der Waals surface area contributed by atoms with Gasteiger partial charge < -0.3 is 9.40 Å². The lowest BCUT2D eigenvalue weighted by atomic mass is 10.1. The summed E-state index contributed by atoms with van der Waals surface area (Å²) in [7, 11) is 0. The highest BCUT2D eigenvalue weighted by Gasteiger charge is 2.09. The molecule has 2 heterocycles. The maximum Gasteiger partial charge on any atom is 0.138 e. The molecule has 2 aromatic carbocycles. The lowest BCUT2D eigenvalue weighted by Crippen LogP contribution is -1.80. The number of nitrogens with zero attached hydrogens (tertiary/aromatic N) is 2. The molecule has 0 amide bonds. The number of nitrogens with one attached hydrogen (secondary N) is 1. The van der Waals surface area contributed by atoms with Crippen molar-refractivity contribution in [2.24, 2.45) is 0 Å². The van der Waals surface area contributed by atoms with Gasteiger partial charge in [0.05, 0.1) is 6.20 Å². The van der Waals surface area contributed by atoms with Crippen LogP contribution in [0.1, 0.15) is 5.69 Å². The number of nitriles is 1. The summed E-state index contributed by atoms with van der Waals surface area (Å²) in [5.41, 5.74) is 3.11. The summed E-state index contributed by atoms with van der Waals surface area (Å²) in [6.07, 6.45) is 1.53. The molecular weight excluding hydrogens is 250 g/mol. The molecule has 0 spiro atoms. The van der Waals surface area contributed by atoms with Crippen molar-refractivity contribution in [2.45, 2.75) is 0 Å². The third-order valence-corrected chi connectivity index (χ3v) is 3.35. The maximum atomic E-state index is 8.84. The number of H-pyrrole nitrogens is 1. The number of hydrogen-bond acceptors (Lipinski definition) is 3. The molecule has 94 valence electrons. The molecule has 4 nitrogen and oxygen atoms in total. The van der Waals surface area contributed by atoms with E-state index in [1.165, 1.54) is 6.20 Å². The fraction of sp³-hybridized carbons (Fsp3) is 0. The van der Waals surface area contributed by atoms with E-state index in [-0.39, 0.29) is 0 Å². The van der Waals surface area contributed by atoms with Crippen molar-refractivity contribution < 1.29 is 4.42 Å². The number of imidazole rings is 1. The quantitative estimate of drug-likeness (QED) is 0.564. The molecule has 1 N–H and O–H groups in total. The van der Waals surface area contributed by atoms with Crippen LogP contribution in [0.15, 0.2) is 53.1 Å². The molecule has 0 atom stereocenters. The van der Waals surface area contributed by atoms with Gasteiger partial charge >= 0.3 is 0 Å². The van der Waals surface area contributed by atoms with Crippen molar-refractivity contribution in [1.82, 2.24) is 9.97 Å². The highest BCUT2D eigenvalue weighted by atomic mass is 16.3.